The second-order valence-electron chi connectivity index (χ2n) is 3.74. The van der Waals surface area contributed by atoms with Gasteiger partial charge in [-0.3, -0.25) is 9.88 Å². The fourth-order valence-corrected chi connectivity index (χ4v) is 1.72. The molecule has 0 aromatic carbocycles. The summed E-state index contributed by atoms with van der Waals surface area (Å²) in [5, 5.41) is 8.74. The lowest BCUT2D eigenvalue weighted by Gasteiger charge is -2.29. The molecule has 1 aliphatic rings. The number of pyridine rings is 1. The van der Waals surface area contributed by atoms with Gasteiger partial charge >= 0.3 is 0 Å². The van der Waals surface area contributed by atoms with Crippen molar-refractivity contribution in [3.63, 3.8) is 0 Å². The fraction of sp³-hybridized carbons (Fsp3) is 0.455. The monoisotopic (exact) mass is 221 g/mol. The first-order valence-corrected chi connectivity index (χ1v) is 5.11. The van der Waals surface area contributed by atoms with Crippen LogP contribution in [0, 0.1) is 17.1 Å². The summed E-state index contributed by atoms with van der Waals surface area (Å²) in [6.45, 7) is 2.47. The third kappa shape index (κ3) is 2.75. The summed E-state index contributed by atoms with van der Waals surface area (Å²) in [7, 11) is 0. The Morgan fingerprint density at radius 2 is 2.50 bits per heavy atom. The molecule has 1 fully saturated rings. The molecule has 1 aliphatic heterocycles. The molecule has 2 heterocycles. The van der Waals surface area contributed by atoms with Crippen LogP contribution in [-0.2, 0) is 11.3 Å². The predicted octanol–water partition coefficient (Wildman–Crippen LogP) is 0.945. The molecule has 0 bridgehead atoms. The number of hydrogen-bond donors (Lipinski definition) is 0. The molecule has 84 valence electrons. The van der Waals surface area contributed by atoms with E-state index in [1.54, 1.807) is 6.20 Å². The largest absolute Gasteiger partial charge is 0.361 e. The number of morpholine rings is 1. The Morgan fingerprint density at radius 3 is 3.25 bits per heavy atom. The van der Waals surface area contributed by atoms with Crippen LogP contribution in [0.2, 0.25) is 0 Å². The fourth-order valence-electron chi connectivity index (χ4n) is 1.72. The topological polar surface area (TPSA) is 49.2 Å². The Hall–Kier alpha value is -1.51. The molecule has 0 spiro atoms. The smallest absolute Gasteiger partial charge is 0.156 e. The molecule has 0 aliphatic carbocycles. The summed E-state index contributed by atoms with van der Waals surface area (Å²) >= 11 is 0. The van der Waals surface area contributed by atoms with Crippen LogP contribution in [0.25, 0.3) is 0 Å². The minimum atomic E-state index is -0.379. The highest BCUT2D eigenvalue weighted by molar-refractivity contribution is 5.10. The van der Waals surface area contributed by atoms with Crippen molar-refractivity contribution in [2.24, 2.45) is 0 Å². The van der Waals surface area contributed by atoms with Crippen molar-refractivity contribution in [2.75, 3.05) is 19.7 Å². The zero-order chi connectivity index (χ0) is 11.4. The minimum Gasteiger partial charge on any atom is -0.361 e. The maximum atomic E-state index is 12.9. The highest BCUT2D eigenvalue weighted by Gasteiger charge is 2.19. The van der Waals surface area contributed by atoms with Crippen LogP contribution >= 0.6 is 0 Å². The summed E-state index contributed by atoms with van der Waals surface area (Å²) in [4.78, 5) is 5.85. The molecule has 1 aromatic heterocycles. The minimum absolute atomic E-state index is 0.331. The molecule has 4 nitrogen and oxygen atoms in total. The second kappa shape index (κ2) is 5.01. The van der Waals surface area contributed by atoms with Crippen LogP contribution in [0.3, 0.4) is 0 Å². The molecule has 2 rings (SSSR count). The van der Waals surface area contributed by atoms with Gasteiger partial charge in [0.2, 0.25) is 0 Å². The first-order valence-electron chi connectivity index (χ1n) is 5.11. The summed E-state index contributed by atoms with van der Waals surface area (Å²) < 4.78 is 18.1. The van der Waals surface area contributed by atoms with Crippen molar-refractivity contribution in [2.45, 2.75) is 12.6 Å². The van der Waals surface area contributed by atoms with Crippen molar-refractivity contribution in [1.82, 2.24) is 9.88 Å². The Labute approximate surface area is 93.3 Å². The van der Waals surface area contributed by atoms with Gasteiger partial charge in [-0.2, -0.15) is 5.26 Å². The number of halogens is 1. The predicted molar refractivity (Wildman–Crippen MR) is 54.8 cm³/mol. The SMILES string of the molecule is N#CC1CN(Cc2cncc(F)c2)CCO1. The van der Waals surface area contributed by atoms with Crippen LogP contribution in [0.5, 0.6) is 0 Å². The van der Waals surface area contributed by atoms with Gasteiger partial charge in [-0.05, 0) is 11.6 Å². The maximum absolute atomic E-state index is 12.9. The summed E-state index contributed by atoms with van der Waals surface area (Å²) in [6.07, 6.45) is 2.44. The molecule has 1 aromatic rings. The summed E-state index contributed by atoms with van der Waals surface area (Å²) in [5.74, 6) is -0.331. The number of nitrogens with zero attached hydrogens (tertiary/aromatic N) is 3. The van der Waals surface area contributed by atoms with Crippen LogP contribution in [0.4, 0.5) is 4.39 Å². The van der Waals surface area contributed by atoms with E-state index >= 15 is 0 Å². The van der Waals surface area contributed by atoms with Crippen molar-refractivity contribution < 1.29 is 9.13 Å². The van der Waals surface area contributed by atoms with E-state index in [0.29, 0.717) is 19.7 Å². The number of rotatable bonds is 2. The molecular formula is C11H12FN3O. The highest BCUT2D eigenvalue weighted by Crippen LogP contribution is 2.10. The van der Waals surface area contributed by atoms with Gasteiger partial charge in [0.25, 0.3) is 0 Å². The third-order valence-corrected chi connectivity index (χ3v) is 2.46. The van der Waals surface area contributed by atoms with Gasteiger partial charge < -0.3 is 4.74 Å². The second-order valence-corrected chi connectivity index (χ2v) is 3.74. The molecule has 1 unspecified atom stereocenters. The standard InChI is InChI=1S/C11H12FN3O/c12-10-3-9(5-14-6-10)7-15-1-2-16-11(4-13)8-15/h3,5-6,11H,1-2,7-8H2. The lowest BCUT2D eigenvalue weighted by molar-refractivity contribution is -0.00275. The molecule has 5 heteroatoms. The van der Waals surface area contributed by atoms with Gasteiger partial charge in [0.05, 0.1) is 18.9 Å². The van der Waals surface area contributed by atoms with Crippen LogP contribution in [-0.4, -0.2) is 35.7 Å². The van der Waals surface area contributed by atoms with E-state index in [1.807, 2.05) is 0 Å². The summed E-state index contributed by atoms with van der Waals surface area (Å²) in [5.41, 5.74) is 0.818. The Kier molecular flexibility index (Phi) is 3.44. The number of ether oxygens (including phenoxy) is 1. The van der Waals surface area contributed by atoms with Gasteiger partial charge in [-0.1, -0.05) is 0 Å². The molecule has 1 atom stereocenters. The molecule has 0 radical (unpaired) electrons. The van der Waals surface area contributed by atoms with Crippen LogP contribution < -0.4 is 0 Å². The Morgan fingerprint density at radius 1 is 1.62 bits per heavy atom. The van der Waals surface area contributed by atoms with Gasteiger partial charge in [-0.25, -0.2) is 4.39 Å². The zero-order valence-corrected chi connectivity index (χ0v) is 8.77. The van der Waals surface area contributed by atoms with Crippen molar-refractivity contribution in [3.8, 4) is 6.07 Å². The molecule has 0 amide bonds. The van der Waals surface area contributed by atoms with E-state index in [-0.39, 0.29) is 11.9 Å². The maximum Gasteiger partial charge on any atom is 0.156 e. The molecule has 0 saturated carbocycles. The third-order valence-electron chi connectivity index (χ3n) is 2.46. The van der Waals surface area contributed by atoms with E-state index in [2.05, 4.69) is 16.0 Å². The van der Waals surface area contributed by atoms with E-state index < -0.39 is 0 Å². The normalized spacial score (nSPS) is 21.6. The van der Waals surface area contributed by atoms with E-state index in [4.69, 9.17) is 10.00 Å². The molecular weight excluding hydrogens is 209 g/mol. The lowest BCUT2D eigenvalue weighted by Crippen LogP contribution is -2.41. The van der Waals surface area contributed by atoms with Crippen molar-refractivity contribution >= 4 is 0 Å². The van der Waals surface area contributed by atoms with E-state index in [0.717, 1.165) is 12.1 Å². The van der Waals surface area contributed by atoms with Gasteiger partial charge in [0.1, 0.15) is 5.82 Å². The number of nitriles is 1. The van der Waals surface area contributed by atoms with E-state index in [9.17, 15) is 4.39 Å². The molecule has 1 saturated heterocycles. The first kappa shape index (κ1) is 11.0. The molecule has 0 N–H and O–H groups in total. The van der Waals surface area contributed by atoms with Crippen molar-refractivity contribution in [3.05, 3.63) is 29.8 Å². The van der Waals surface area contributed by atoms with E-state index in [1.165, 1.54) is 12.3 Å². The van der Waals surface area contributed by atoms with Crippen LogP contribution in [0.1, 0.15) is 5.56 Å². The lowest BCUT2D eigenvalue weighted by atomic mass is 10.2. The number of aromatic nitrogens is 1. The highest BCUT2D eigenvalue weighted by atomic mass is 19.1. The molecule has 16 heavy (non-hydrogen) atoms. The van der Waals surface area contributed by atoms with Crippen molar-refractivity contribution in [1.29, 1.82) is 5.26 Å². The Balaban J connectivity index is 1.97. The van der Waals surface area contributed by atoms with Gasteiger partial charge in [-0.15, -0.1) is 0 Å². The van der Waals surface area contributed by atoms with Gasteiger partial charge in [0, 0.05) is 25.8 Å². The average Bonchev–Trinajstić information content (AvgIpc) is 2.29. The quantitative estimate of drug-likeness (QED) is 0.746. The average molecular weight is 221 g/mol. The van der Waals surface area contributed by atoms with Crippen LogP contribution in [0.15, 0.2) is 18.5 Å². The zero-order valence-electron chi connectivity index (χ0n) is 8.77. The first-order chi connectivity index (χ1) is 7.78. The Bertz CT molecular complexity index is 404. The summed E-state index contributed by atoms with van der Waals surface area (Å²) in [6, 6.07) is 3.54. The number of hydrogen-bond acceptors (Lipinski definition) is 4. The van der Waals surface area contributed by atoms with Gasteiger partial charge in [0.15, 0.2) is 6.10 Å².